The van der Waals surface area contributed by atoms with Gasteiger partial charge in [0.2, 0.25) is 11.8 Å². The summed E-state index contributed by atoms with van der Waals surface area (Å²) in [4.78, 5) is 40.8. The smallest absolute Gasteiger partial charge is 0.229 e. The van der Waals surface area contributed by atoms with Crippen LogP contribution in [0.1, 0.15) is 47.3 Å². The molecule has 1 N–H and O–H groups in total. The Balaban J connectivity index is 1.79. The van der Waals surface area contributed by atoms with Crippen LogP contribution in [0.5, 0.6) is 11.5 Å². The fourth-order valence-electron chi connectivity index (χ4n) is 4.72. The SMILES string of the molecule is COc1ccc(C2C(C(=O)Nc3ccccc3C(C)=O)CCC(=O)N2c2ccc(C)cc2)cc1OC. The zero-order valence-corrected chi connectivity index (χ0v) is 20.9. The molecular weight excluding hydrogens is 456 g/mol. The molecule has 2 amide bonds. The number of para-hydroxylation sites is 1. The first kappa shape index (κ1) is 25.0. The lowest BCUT2D eigenvalue weighted by atomic mass is 9.82. The molecule has 1 saturated heterocycles. The number of carbonyl (C=O) groups excluding carboxylic acids is 3. The maximum Gasteiger partial charge on any atom is 0.229 e. The number of aryl methyl sites for hydroxylation is 1. The number of carbonyl (C=O) groups is 3. The van der Waals surface area contributed by atoms with Crippen LogP contribution in [0.2, 0.25) is 0 Å². The van der Waals surface area contributed by atoms with Crippen LogP contribution >= 0.6 is 0 Å². The first-order valence-electron chi connectivity index (χ1n) is 11.9. The number of rotatable bonds is 7. The van der Waals surface area contributed by atoms with Crippen LogP contribution in [-0.4, -0.2) is 31.8 Å². The minimum Gasteiger partial charge on any atom is -0.493 e. The first-order chi connectivity index (χ1) is 17.3. The van der Waals surface area contributed by atoms with Crippen molar-refractivity contribution >= 4 is 29.0 Å². The Morgan fingerprint density at radius 3 is 2.31 bits per heavy atom. The maximum absolute atomic E-state index is 13.7. The van der Waals surface area contributed by atoms with Crippen molar-refractivity contribution in [2.75, 3.05) is 24.4 Å². The third kappa shape index (κ3) is 4.96. The van der Waals surface area contributed by atoms with Gasteiger partial charge in [0.15, 0.2) is 17.3 Å². The van der Waals surface area contributed by atoms with Gasteiger partial charge in [0.25, 0.3) is 0 Å². The van der Waals surface area contributed by atoms with Gasteiger partial charge >= 0.3 is 0 Å². The number of benzene rings is 3. The molecule has 2 atom stereocenters. The van der Waals surface area contributed by atoms with Crippen molar-refractivity contribution in [3.05, 3.63) is 83.4 Å². The summed E-state index contributed by atoms with van der Waals surface area (Å²) < 4.78 is 10.9. The molecule has 0 saturated carbocycles. The first-order valence-corrected chi connectivity index (χ1v) is 11.9. The van der Waals surface area contributed by atoms with Gasteiger partial charge in [0.05, 0.1) is 31.9 Å². The molecule has 4 rings (SSSR count). The molecule has 36 heavy (non-hydrogen) atoms. The van der Waals surface area contributed by atoms with Crippen LogP contribution < -0.4 is 19.7 Å². The standard InChI is InChI=1S/C29H30N2O5/c1-18-9-12-21(13-10-18)31-27(33)16-14-23(28(31)20-11-15-25(35-3)26(17-20)36-4)29(34)30-24-8-6-5-7-22(24)19(2)32/h5-13,15,17,23,28H,14,16H2,1-4H3,(H,30,34). The molecule has 0 aromatic heterocycles. The highest BCUT2D eigenvalue weighted by molar-refractivity contribution is 6.05. The van der Waals surface area contributed by atoms with Gasteiger partial charge in [-0.2, -0.15) is 0 Å². The predicted molar refractivity (Wildman–Crippen MR) is 139 cm³/mol. The highest BCUT2D eigenvalue weighted by atomic mass is 16.5. The summed E-state index contributed by atoms with van der Waals surface area (Å²) in [5.41, 5.74) is 3.44. The number of nitrogens with one attached hydrogen (secondary N) is 1. The molecule has 0 radical (unpaired) electrons. The van der Waals surface area contributed by atoms with E-state index in [1.165, 1.54) is 6.92 Å². The van der Waals surface area contributed by atoms with Crippen LogP contribution in [0.15, 0.2) is 66.7 Å². The van der Waals surface area contributed by atoms with E-state index in [4.69, 9.17) is 9.47 Å². The van der Waals surface area contributed by atoms with Crippen molar-refractivity contribution < 1.29 is 23.9 Å². The number of anilines is 2. The molecule has 7 nitrogen and oxygen atoms in total. The van der Waals surface area contributed by atoms with Gasteiger partial charge in [-0.15, -0.1) is 0 Å². The molecule has 0 aliphatic carbocycles. The minimum atomic E-state index is -0.585. The van der Waals surface area contributed by atoms with Gasteiger partial charge in [-0.05, 0) is 62.2 Å². The fraction of sp³-hybridized carbons (Fsp3) is 0.276. The van der Waals surface area contributed by atoms with E-state index < -0.39 is 12.0 Å². The Morgan fingerprint density at radius 1 is 0.944 bits per heavy atom. The molecule has 1 fully saturated rings. The van der Waals surface area contributed by atoms with E-state index in [0.717, 1.165) is 11.1 Å². The normalized spacial score (nSPS) is 17.4. The van der Waals surface area contributed by atoms with Crippen LogP contribution in [0, 0.1) is 12.8 Å². The number of ketones is 1. The van der Waals surface area contributed by atoms with Crippen molar-refractivity contribution in [2.45, 2.75) is 32.7 Å². The molecule has 1 heterocycles. The van der Waals surface area contributed by atoms with Gasteiger partial charge in [0.1, 0.15) is 0 Å². The Hall–Kier alpha value is -4.13. The number of piperidine rings is 1. The molecule has 1 aliphatic rings. The lowest BCUT2D eigenvalue weighted by Crippen LogP contribution is -2.47. The largest absolute Gasteiger partial charge is 0.493 e. The van der Waals surface area contributed by atoms with Crippen LogP contribution in [0.25, 0.3) is 0 Å². The molecular formula is C29H30N2O5. The molecule has 7 heteroatoms. The number of ether oxygens (including phenoxy) is 2. The Morgan fingerprint density at radius 2 is 1.64 bits per heavy atom. The summed E-state index contributed by atoms with van der Waals surface area (Å²) in [6.07, 6.45) is 0.596. The summed E-state index contributed by atoms with van der Waals surface area (Å²) in [6, 6.07) is 19.5. The highest BCUT2D eigenvalue weighted by Crippen LogP contribution is 2.43. The van der Waals surface area contributed by atoms with Crippen LogP contribution in [0.4, 0.5) is 11.4 Å². The highest BCUT2D eigenvalue weighted by Gasteiger charge is 2.42. The number of nitrogens with zero attached hydrogens (tertiary/aromatic N) is 1. The second-order valence-electron chi connectivity index (χ2n) is 8.89. The Bertz CT molecular complexity index is 1290. The van der Waals surface area contributed by atoms with Gasteiger partial charge < -0.3 is 19.7 Å². The predicted octanol–water partition coefficient (Wildman–Crippen LogP) is 5.34. The molecule has 2 unspecified atom stereocenters. The second kappa shape index (κ2) is 10.6. The van der Waals surface area contributed by atoms with Crippen molar-refractivity contribution in [3.8, 4) is 11.5 Å². The van der Waals surface area contributed by atoms with E-state index in [-0.39, 0.29) is 24.0 Å². The van der Waals surface area contributed by atoms with Gasteiger partial charge in [0, 0.05) is 17.7 Å². The number of methoxy groups -OCH3 is 2. The molecule has 0 spiro atoms. The maximum atomic E-state index is 13.7. The van der Waals surface area contributed by atoms with Crippen LogP contribution in [0.3, 0.4) is 0 Å². The topological polar surface area (TPSA) is 84.9 Å². The van der Waals surface area contributed by atoms with Crippen molar-refractivity contribution in [1.82, 2.24) is 0 Å². The summed E-state index contributed by atoms with van der Waals surface area (Å²) in [7, 11) is 3.11. The third-order valence-corrected chi connectivity index (χ3v) is 6.56. The monoisotopic (exact) mass is 486 g/mol. The quantitative estimate of drug-likeness (QED) is 0.456. The van der Waals surface area contributed by atoms with Crippen molar-refractivity contribution in [2.24, 2.45) is 5.92 Å². The second-order valence-corrected chi connectivity index (χ2v) is 8.89. The van der Waals surface area contributed by atoms with E-state index in [2.05, 4.69) is 5.32 Å². The van der Waals surface area contributed by atoms with Crippen LogP contribution in [-0.2, 0) is 9.59 Å². The summed E-state index contributed by atoms with van der Waals surface area (Å²) in [5, 5.41) is 2.95. The van der Waals surface area contributed by atoms with Gasteiger partial charge in [-0.3, -0.25) is 14.4 Å². The van der Waals surface area contributed by atoms with Crippen molar-refractivity contribution in [3.63, 3.8) is 0 Å². The van der Waals surface area contributed by atoms with E-state index in [1.807, 2.05) is 43.3 Å². The summed E-state index contributed by atoms with van der Waals surface area (Å²) in [5.74, 6) is 0.0455. The average Bonchev–Trinajstić information content (AvgIpc) is 2.88. The number of hydrogen-bond donors (Lipinski definition) is 1. The Kier molecular flexibility index (Phi) is 7.38. The van der Waals surface area contributed by atoms with E-state index in [9.17, 15) is 14.4 Å². The van der Waals surface area contributed by atoms with E-state index in [0.29, 0.717) is 34.9 Å². The lowest BCUT2D eigenvalue weighted by molar-refractivity contribution is -0.125. The lowest BCUT2D eigenvalue weighted by Gasteiger charge is -2.41. The number of Topliss-reactive ketones (excluding diaryl/α,β-unsaturated/α-hetero) is 1. The average molecular weight is 487 g/mol. The Labute approximate surface area is 211 Å². The number of amides is 2. The van der Waals surface area contributed by atoms with E-state index in [1.54, 1.807) is 49.5 Å². The molecule has 3 aromatic carbocycles. The zero-order valence-electron chi connectivity index (χ0n) is 20.9. The summed E-state index contributed by atoms with van der Waals surface area (Å²) in [6.45, 7) is 3.45. The van der Waals surface area contributed by atoms with Gasteiger partial charge in [-0.1, -0.05) is 35.9 Å². The van der Waals surface area contributed by atoms with E-state index >= 15 is 0 Å². The zero-order chi connectivity index (χ0) is 25.8. The van der Waals surface area contributed by atoms with Crippen molar-refractivity contribution in [1.29, 1.82) is 0 Å². The van der Waals surface area contributed by atoms with Gasteiger partial charge in [-0.25, -0.2) is 0 Å². The molecule has 0 bridgehead atoms. The summed E-state index contributed by atoms with van der Waals surface area (Å²) >= 11 is 0. The number of hydrogen-bond acceptors (Lipinski definition) is 5. The fourth-order valence-corrected chi connectivity index (χ4v) is 4.72. The molecule has 186 valence electrons. The molecule has 3 aromatic rings. The minimum absolute atomic E-state index is 0.0631. The third-order valence-electron chi connectivity index (χ3n) is 6.56. The molecule has 1 aliphatic heterocycles.